The zero-order valence-corrected chi connectivity index (χ0v) is 19.5. The molecule has 135 valence electrons. The van der Waals surface area contributed by atoms with Crippen LogP contribution in [0.1, 0.15) is 12.0 Å². The van der Waals surface area contributed by atoms with Crippen LogP contribution in [0.3, 0.4) is 0 Å². The number of ether oxygens (including phenoxy) is 2. The third-order valence-electron chi connectivity index (χ3n) is 3.33. The van der Waals surface area contributed by atoms with E-state index >= 15 is 0 Å². The Morgan fingerprint density at radius 1 is 1.40 bits per heavy atom. The van der Waals surface area contributed by atoms with Crippen molar-refractivity contribution in [2.24, 2.45) is 0 Å². The second kappa shape index (κ2) is 11.1. The number of allylic oxidation sites excluding steroid dienone is 1. The summed E-state index contributed by atoms with van der Waals surface area (Å²) in [5.74, 6) is 0.223. The minimum atomic E-state index is -2.63. The summed E-state index contributed by atoms with van der Waals surface area (Å²) >= 11 is 6.61. The fraction of sp³-hybridized carbons (Fsp3) is 0.438. The summed E-state index contributed by atoms with van der Waals surface area (Å²) in [4.78, 5) is 12.8. The van der Waals surface area contributed by atoms with Crippen molar-refractivity contribution >= 4 is 43.5 Å². The fourth-order valence-corrected chi connectivity index (χ4v) is 3.18. The molecule has 1 amide bonds. The molecule has 25 heavy (non-hydrogen) atoms. The molecule has 1 aliphatic rings. The Bertz CT molecular complexity index is 631. The Morgan fingerprint density at radius 3 is 2.72 bits per heavy atom. The third kappa shape index (κ3) is 6.34. The summed E-state index contributed by atoms with van der Waals surface area (Å²) in [7, 11) is 1.58. The van der Waals surface area contributed by atoms with Gasteiger partial charge in [0.25, 0.3) is 6.43 Å². The third-order valence-corrected chi connectivity index (χ3v) is 4.70. The van der Waals surface area contributed by atoms with Crippen LogP contribution in [0.2, 0.25) is 0 Å². The monoisotopic (exact) mass is 555 g/mol. The molecule has 0 aromatic heterocycles. The average Bonchev–Trinajstić information content (AvgIpc) is 2.53. The Balaban J connectivity index is 0.00000312. The van der Waals surface area contributed by atoms with Gasteiger partial charge in [-0.2, -0.15) is 0 Å². The van der Waals surface area contributed by atoms with Crippen LogP contribution >= 0.6 is 31.9 Å². The van der Waals surface area contributed by atoms with E-state index in [0.29, 0.717) is 41.1 Å². The van der Waals surface area contributed by atoms with Crippen LogP contribution < -0.4 is 4.74 Å². The van der Waals surface area contributed by atoms with Gasteiger partial charge in [-0.05, 0) is 12.1 Å². The molecule has 9 heteroatoms. The maximum absolute atomic E-state index is 12.9. The van der Waals surface area contributed by atoms with Gasteiger partial charge in [0.05, 0.1) is 18.0 Å². The quantitative estimate of drug-likeness (QED) is 0.291. The molecule has 0 N–H and O–H groups in total. The summed E-state index contributed by atoms with van der Waals surface area (Å²) in [5.41, 5.74) is 0.966. The Kier molecular flexibility index (Phi) is 10.3. The maximum atomic E-state index is 12.9. The van der Waals surface area contributed by atoms with E-state index in [1.807, 2.05) is 0 Å². The number of carbonyl (C=O) groups is 1. The first-order valence-corrected chi connectivity index (χ1v) is 8.91. The summed E-state index contributed by atoms with van der Waals surface area (Å²) in [6.07, 6.45) is 0.734. The molecule has 0 saturated carbocycles. The molecule has 1 atom stereocenters. The molecule has 1 aliphatic heterocycles. The molecule has 0 spiro atoms. The molecule has 0 aliphatic carbocycles. The van der Waals surface area contributed by atoms with Crippen LogP contribution in [0.4, 0.5) is 8.78 Å². The average molecular weight is 557 g/mol. The smallest absolute Gasteiger partial charge is 0.256 e. The van der Waals surface area contributed by atoms with Gasteiger partial charge in [-0.3, -0.25) is 4.79 Å². The van der Waals surface area contributed by atoms with Crippen molar-refractivity contribution in [1.82, 2.24) is 4.90 Å². The van der Waals surface area contributed by atoms with E-state index in [2.05, 4.69) is 37.9 Å². The molecule has 0 saturated heterocycles. The van der Waals surface area contributed by atoms with Gasteiger partial charge in [-0.15, -0.1) is 17.3 Å². The van der Waals surface area contributed by atoms with Gasteiger partial charge in [-0.1, -0.05) is 42.8 Å². The first kappa shape index (κ1) is 23.2. The van der Waals surface area contributed by atoms with Gasteiger partial charge in [0.2, 0.25) is 5.91 Å². The second-order valence-electron chi connectivity index (χ2n) is 5.02. The Hall–Kier alpha value is 0.114. The van der Waals surface area contributed by atoms with Gasteiger partial charge in [0.15, 0.2) is 0 Å². The van der Waals surface area contributed by atoms with Gasteiger partial charge >= 0.3 is 0 Å². The Labute approximate surface area is 187 Å². The number of amides is 1. The molecule has 1 aromatic rings. The molecule has 1 unspecified atom stereocenters. The van der Waals surface area contributed by atoms with Gasteiger partial charge in [0.1, 0.15) is 12.4 Å². The van der Waals surface area contributed by atoms with Crippen LogP contribution in [0, 0.1) is 6.08 Å². The number of methoxy groups -OCH3 is 1. The van der Waals surface area contributed by atoms with Crippen LogP contribution in [0.15, 0.2) is 22.7 Å². The number of benzene rings is 1. The van der Waals surface area contributed by atoms with Crippen LogP contribution in [0.5, 0.6) is 5.75 Å². The summed E-state index contributed by atoms with van der Waals surface area (Å²) in [6, 6.07) is 5.16. The zero-order valence-electron chi connectivity index (χ0n) is 13.5. The number of hydrogen-bond donors (Lipinski definition) is 0. The fourth-order valence-electron chi connectivity index (χ4n) is 2.23. The minimum Gasteiger partial charge on any atom is -0.491 e. The zero-order chi connectivity index (χ0) is 17.7. The molecule has 1 aromatic carbocycles. The molecule has 0 bridgehead atoms. The van der Waals surface area contributed by atoms with Gasteiger partial charge in [-0.25, -0.2) is 14.9 Å². The first-order chi connectivity index (χ1) is 11.4. The van der Waals surface area contributed by atoms with Crippen molar-refractivity contribution < 1.29 is 55.8 Å². The van der Waals surface area contributed by atoms with Crippen LogP contribution in [-0.2, 0) is 42.2 Å². The van der Waals surface area contributed by atoms with Crippen molar-refractivity contribution in [1.29, 1.82) is 0 Å². The van der Waals surface area contributed by atoms with E-state index in [9.17, 15) is 13.6 Å². The summed E-state index contributed by atoms with van der Waals surface area (Å²) in [5, 5.41) is 0. The van der Waals surface area contributed by atoms with E-state index in [1.54, 1.807) is 25.3 Å². The number of carbonyl (C=O) groups excluding carboxylic acids is 1. The van der Waals surface area contributed by atoms with E-state index < -0.39 is 23.7 Å². The van der Waals surface area contributed by atoms with Crippen molar-refractivity contribution in [3.05, 3.63) is 34.3 Å². The predicted molar refractivity (Wildman–Crippen MR) is 93.2 cm³/mol. The van der Waals surface area contributed by atoms with E-state index in [1.165, 1.54) is 0 Å². The van der Waals surface area contributed by atoms with Gasteiger partial charge in [0, 0.05) is 39.8 Å². The van der Waals surface area contributed by atoms with Crippen molar-refractivity contribution in [3.63, 3.8) is 0 Å². The molecule has 0 fully saturated rings. The predicted octanol–water partition coefficient (Wildman–Crippen LogP) is 3.88. The summed E-state index contributed by atoms with van der Waals surface area (Å²) in [6.45, 7) is 0.196. The molecular weight excluding hydrogens is 541 g/mol. The van der Waals surface area contributed by atoms with Crippen molar-refractivity contribution in [2.45, 2.75) is 17.7 Å². The largest absolute Gasteiger partial charge is 0.491 e. The first-order valence-electron chi connectivity index (χ1n) is 7.20. The number of hydrogen-bond acceptors (Lipinski definition) is 3. The SMILES string of the molecule is COCCOc1ccc(C2=[C-]CC(Br)C(=O)N2CC(F)F)c(Br)c1.[Y]. The summed E-state index contributed by atoms with van der Waals surface area (Å²) < 4.78 is 36.8. The van der Waals surface area contributed by atoms with E-state index in [0.717, 1.165) is 4.90 Å². The maximum Gasteiger partial charge on any atom is 0.256 e. The Morgan fingerprint density at radius 2 is 2.12 bits per heavy atom. The molecule has 1 radical (unpaired) electrons. The van der Waals surface area contributed by atoms with E-state index in [-0.39, 0.29) is 32.7 Å². The molecule has 1 heterocycles. The molecule has 4 nitrogen and oxygen atoms in total. The molecular formula is C16H16Br2F2NO3Y-. The number of halogens is 4. The minimum absolute atomic E-state index is 0. The number of nitrogens with zero attached hydrogens (tertiary/aromatic N) is 1. The normalized spacial score (nSPS) is 17.4. The standard InChI is InChI=1S/C16H16Br2F2NO3.Y/c1-23-6-7-24-10-2-3-11(13(18)8-10)14-5-4-12(17)16(22)21(14)9-15(19)20;/h2-3,8,12,15H,4,6-7,9H2,1H3;/q-1;. The molecule has 2 rings (SSSR count). The number of rotatable bonds is 7. The van der Waals surface area contributed by atoms with Crippen LogP contribution in [-0.4, -0.2) is 48.9 Å². The number of alkyl halides is 3. The van der Waals surface area contributed by atoms with Crippen molar-refractivity contribution in [3.8, 4) is 5.75 Å². The second-order valence-corrected chi connectivity index (χ2v) is 6.98. The van der Waals surface area contributed by atoms with Gasteiger partial charge < -0.3 is 14.4 Å². The van der Waals surface area contributed by atoms with E-state index in [4.69, 9.17) is 9.47 Å². The van der Waals surface area contributed by atoms with Crippen LogP contribution in [0.25, 0.3) is 5.70 Å². The van der Waals surface area contributed by atoms with Crippen molar-refractivity contribution in [2.75, 3.05) is 26.9 Å². The topological polar surface area (TPSA) is 38.8 Å².